The van der Waals surface area contributed by atoms with Crippen LogP contribution in [0.5, 0.6) is 0 Å². The zero-order valence-electron chi connectivity index (χ0n) is 16.1. The summed E-state index contributed by atoms with van der Waals surface area (Å²) in [6.07, 6.45) is -3.59. The topological polar surface area (TPSA) is 86.3 Å². The van der Waals surface area contributed by atoms with Gasteiger partial charge >= 0.3 is 0 Å². The Bertz CT molecular complexity index is 801. The number of benzene rings is 2. The predicted octanol–water partition coefficient (Wildman–Crippen LogP) is 1.91. The van der Waals surface area contributed by atoms with Gasteiger partial charge in [0.05, 0.1) is 13.2 Å². The summed E-state index contributed by atoms with van der Waals surface area (Å²) < 4.78 is 23.8. The molecule has 29 heavy (non-hydrogen) atoms. The van der Waals surface area contributed by atoms with Crippen LogP contribution in [0.4, 0.5) is 0 Å². The van der Waals surface area contributed by atoms with E-state index in [1.54, 1.807) is 0 Å². The van der Waals surface area contributed by atoms with Gasteiger partial charge in [0.1, 0.15) is 24.4 Å². The van der Waals surface area contributed by atoms with Gasteiger partial charge in [-0.05, 0) is 5.56 Å². The van der Waals surface area contributed by atoms with Crippen LogP contribution in [0, 0.1) is 0 Å². The van der Waals surface area contributed by atoms with Crippen molar-refractivity contribution in [2.75, 3.05) is 6.61 Å². The second-order valence-electron chi connectivity index (χ2n) is 7.23. The third kappa shape index (κ3) is 4.66. The summed E-state index contributed by atoms with van der Waals surface area (Å²) in [4.78, 5) is 11.7. The number of amides is 1. The summed E-state index contributed by atoms with van der Waals surface area (Å²) in [5, 5.41) is 13.7. The third-order valence-corrected chi connectivity index (χ3v) is 5.06. The van der Waals surface area contributed by atoms with E-state index in [0.717, 1.165) is 11.1 Å². The van der Waals surface area contributed by atoms with E-state index in [4.69, 9.17) is 18.9 Å². The maximum atomic E-state index is 11.7. The SMILES string of the molecule is CC(=O)N[C@@H]1[C@H](OCc2ccccc2)O[C@H]2CO[C@@H](c3ccccc3)O[C@@H]2[C@@H]1O. The second-order valence-corrected chi connectivity index (χ2v) is 7.23. The minimum Gasteiger partial charge on any atom is -0.388 e. The van der Waals surface area contributed by atoms with E-state index in [-0.39, 0.29) is 12.5 Å². The molecule has 2 aliphatic rings. The molecule has 2 aromatic carbocycles. The Hall–Kier alpha value is -2.29. The van der Waals surface area contributed by atoms with Crippen LogP contribution in [0.25, 0.3) is 0 Å². The molecule has 2 aromatic rings. The number of aliphatic hydroxyl groups excluding tert-OH is 1. The molecule has 154 valence electrons. The number of aliphatic hydroxyl groups is 1. The van der Waals surface area contributed by atoms with Gasteiger partial charge in [-0.1, -0.05) is 60.7 Å². The molecule has 2 heterocycles. The largest absolute Gasteiger partial charge is 0.388 e. The van der Waals surface area contributed by atoms with Crippen molar-refractivity contribution >= 4 is 5.91 Å². The fourth-order valence-corrected chi connectivity index (χ4v) is 3.65. The first-order chi connectivity index (χ1) is 14.1. The quantitative estimate of drug-likeness (QED) is 0.799. The summed E-state index contributed by atoms with van der Waals surface area (Å²) >= 11 is 0. The second kappa shape index (κ2) is 9.02. The van der Waals surface area contributed by atoms with Crippen LogP contribution in [-0.2, 0) is 30.3 Å². The Morgan fingerprint density at radius 3 is 2.48 bits per heavy atom. The Labute approximate surface area is 169 Å². The number of carbonyl (C=O) groups is 1. The number of hydrogen-bond acceptors (Lipinski definition) is 6. The van der Waals surface area contributed by atoms with Crippen LogP contribution in [0.1, 0.15) is 24.3 Å². The molecule has 2 saturated heterocycles. The molecular formula is C22H25NO6. The minimum atomic E-state index is -1.01. The van der Waals surface area contributed by atoms with Crippen LogP contribution < -0.4 is 5.32 Å². The summed E-state index contributed by atoms with van der Waals surface area (Å²) in [7, 11) is 0. The molecule has 0 saturated carbocycles. The standard InChI is InChI=1S/C22H25NO6/c1-14(24)23-18-19(25)20-17(13-27-21(29-20)16-10-6-3-7-11-16)28-22(18)26-12-15-8-4-2-5-9-15/h2-11,17-22,25H,12-13H2,1H3,(H,23,24)/t17-,18-,19+,20-,21+,22+/m0/s1. The van der Waals surface area contributed by atoms with Crippen molar-refractivity contribution in [3.05, 3.63) is 71.8 Å². The third-order valence-electron chi connectivity index (χ3n) is 5.06. The van der Waals surface area contributed by atoms with E-state index in [0.29, 0.717) is 6.61 Å². The van der Waals surface area contributed by atoms with E-state index >= 15 is 0 Å². The van der Waals surface area contributed by atoms with Crippen molar-refractivity contribution in [3.63, 3.8) is 0 Å². The molecule has 0 spiro atoms. The Kier molecular flexibility index (Phi) is 6.22. The van der Waals surface area contributed by atoms with E-state index in [1.807, 2.05) is 60.7 Å². The van der Waals surface area contributed by atoms with Crippen LogP contribution >= 0.6 is 0 Å². The number of hydrogen-bond donors (Lipinski definition) is 2. The number of carbonyl (C=O) groups excluding carboxylic acids is 1. The molecule has 0 radical (unpaired) electrons. The molecule has 2 N–H and O–H groups in total. The van der Waals surface area contributed by atoms with Gasteiger partial charge in [0.15, 0.2) is 12.6 Å². The highest BCUT2D eigenvalue weighted by Crippen LogP contribution is 2.34. The molecule has 4 rings (SSSR count). The van der Waals surface area contributed by atoms with Crippen molar-refractivity contribution in [1.29, 1.82) is 0 Å². The molecule has 1 amide bonds. The van der Waals surface area contributed by atoms with Gasteiger partial charge in [0.2, 0.25) is 5.91 Å². The molecule has 0 aromatic heterocycles. The summed E-state index contributed by atoms with van der Waals surface area (Å²) in [6.45, 7) is 1.93. The molecule has 7 nitrogen and oxygen atoms in total. The Morgan fingerprint density at radius 2 is 1.79 bits per heavy atom. The molecule has 7 heteroatoms. The molecule has 2 aliphatic heterocycles. The maximum absolute atomic E-state index is 11.7. The van der Waals surface area contributed by atoms with Gasteiger partial charge in [-0.2, -0.15) is 0 Å². The molecule has 6 atom stereocenters. The van der Waals surface area contributed by atoms with Crippen LogP contribution in [0.15, 0.2) is 60.7 Å². The zero-order valence-corrected chi connectivity index (χ0v) is 16.1. The average molecular weight is 399 g/mol. The van der Waals surface area contributed by atoms with E-state index in [2.05, 4.69) is 5.32 Å². The summed E-state index contributed by atoms with van der Waals surface area (Å²) in [5.74, 6) is -0.281. The van der Waals surface area contributed by atoms with Gasteiger partial charge in [-0.15, -0.1) is 0 Å². The van der Waals surface area contributed by atoms with Crippen molar-refractivity contribution in [3.8, 4) is 0 Å². The van der Waals surface area contributed by atoms with E-state index in [1.165, 1.54) is 6.92 Å². The van der Waals surface area contributed by atoms with Gasteiger partial charge in [0.25, 0.3) is 0 Å². The first-order valence-electron chi connectivity index (χ1n) is 9.70. The molecular weight excluding hydrogens is 374 g/mol. The highest BCUT2D eigenvalue weighted by atomic mass is 16.7. The van der Waals surface area contributed by atoms with Gasteiger partial charge in [-0.3, -0.25) is 4.79 Å². The van der Waals surface area contributed by atoms with Crippen molar-refractivity contribution in [2.24, 2.45) is 0 Å². The number of fused-ring (bicyclic) bond motifs is 1. The smallest absolute Gasteiger partial charge is 0.217 e. The van der Waals surface area contributed by atoms with E-state index in [9.17, 15) is 9.90 Å². The predicted molar refractivity (Wildman–Crippen MR) is 104 cm³/mol. The fraction of sp³-hybridized carbons (Fsp3) is 0.409. The van der Waals surface area contributed by atoms with Gasteiger partial charge in [0, 0.05) is 12.5 Å². The van der Waals surface area contributed by atoms with Crippen molar-refractivity contribution in [2.45, 2.75) is 50.5 Å². The lowest BCUT2D eigenvalue weighted by atomic mass is 9.95. The lowest BCUT2D eigenvalue weighted by Gasteiger charge is -2.47. The normalized spacial score (nSPS) is 31.7. The van der Waals surface area contributed by atoms with Crippen molar-refractivity contribution < 1.29 is 28.8 Å². The summed E-state index contributed by atoms with van der Waals surface area (Å²) in [5.41, 5.74) is 1.83. The van der Waals surface area contributed by atoms with Crippen LogP contribution in [0.3, 0.4) is 0 Å². The molecule has 0 bridgehead atoms. The van der Waals surface area contributed by atoms with Gasteiger partial charge < -0.3 is 29.4 Å². The lowest BCUT2D eigenvalue weighted by molar-refractivity contribution is -0.345. The minimum absolute atomic E-state index is 0.249. The van der Waals surface area contributed by atoms with Crippen LogP contribution in [-0.4, -0.2) is 48.3 Å². The number of rotatable bonds is 5. The average Bonchev–Trinajstić information content (AvgIpc) is 2.75. The maximum Gasteiger partial charge on any atom is 0.217 e. The van der Waals surface area contributed by atoms with E-state index < -0.39 is 36.9 Å². The molecule has 0 aliphatic carbocycles. The Morgan fingerprint density at radius 1 is 1.10 bits per heavy atom. The fourth-order valence-electron chi connectivity index (χ4n) is 3.65. The summed E-state index contributed by atoms with van der Waals surface area (Å²) in [6, 6.07) is 18.4. The number of ether oxygens (including phenoxy) is 4. The first kappa shape index (κ1) is 20.0. The number of nitrogens with one attached hydrogen (secondary N) is 1. The highest BCUT2D eigenvalue weighted by molar-refractivity contribution is 5.73. The lowest BCUT2D eigenvalue weighted by Crippen LogP contribution is -2.66. The Balaban J connectivity index is 1.48. The first-order valence-corrected chi connectivity index (χ1v) is 9.70. The highest BCUT2D eigenvalue weighted by Gasteiger charge is 2.50. The van der Waals surface area contributed by atoms with Crippen molar-refractivity contribution in [1.82, 2.24) is 5.32 Å². The van der Waals surface area contributed by atoms with Gasteiger partial charge in [-0.25, -0.2) is 0 Å². The monoisotopic (exact) mass is 399 g/mol. The zero-order chi connectivity index (χ0) is 20.2. The molecule has 2 fully saturated rings. The molecule has 0 unspecified atom stereocenters. The van der Waals surface area contributed by atoms with Crippen LogP contribution in [0.2, 0.25) is 0 Å².